The zero-order valence-electron chi connectivity index (χ0n) is 16.6. The van der Waals surface area contributed by atoms with E-state index in [9.17, 15) is 9.59 Å². The summed E-state index contributed by atoms with van der Waals surface area (Å²) in [7, 11) is 0. The van der Waals surface area contributed by atoms with Gasteiger partial charge in [-0.15, -0.1) is 11.3 Å². The number of carbonyl (C=O) groups is 2. The zero-order valence-corrected chi connectivity index (χ0v) is 17.5. The van der Waals surface area contributed by atoms with Crippen LogP contribution in [0, 0.1) is 5.41 Å². The quantitative estimate of drug-likeness (QED) is 0.701. The number of nitrogens with two attached hydrogens (primary N) is 1. The van der Waals surface area contributed by atoms with Crippen LogP contribution in [-0.2, 0) is 11.3 Å². The van der Waals surface area contributed by atoms with Crippen LogP contribution in [-0.4, -0.2) is 29.2 Å². The summed E-state index contributed by atoms with van der Waals surface area (Å²) in [5.41, 5.74) is 6.73. The Labute approximate surface area is 179 Å². The number of alkyl carbamates (subject to hydrolysis) is 1. The number of nitrogens with zero attached hydrogens (tertiary/aromatic N) is 1. The van der Waals surface area contributed by atoms with Crippen LogP contribution in [0.1, 0.15) is 64.7 Å². The van der Waals surface area contributed by atoms with Crippen molar-refractivity contribution in [2.24, 2.45) is 11.1 Å². The van der Waals surface area contributed by atoms with Gasteiger partial charge in [0.2, 0.25) is 5.88 Å². The molecule has 3 N–H and O–H groups in total. The fourth-order valence-corrected chi connectivity index (χ4v) is 5.52. The highest BCUT2D eigenvalue weighted by molar-refractivity contribution is 7.14. The molecule has 7 nitrogen and oxygen atoms in total. The first-order chi connectivity index (χ1) is 14.5. The van der Waals surface area contributed by atoms with Crippen LogP contribution in [0.2, 0.25) is 0 Å². The van der Waals surface area contributed by atoms with Gasteiger partial charge < -0.3 is 20.5 Å². The predicted octanol–water partition coefficient (Wildman–Crippen LogP) is 3.74. The Morgan fingerprint density at radius 3 is 2.50 bits per heavy atom. The molecule has 5 rings (SSSR count). The third-order valence-electron chi connectivity index (χ3n) is 6.24. The summed E-state index contributed by atoms with van der Waals surface area (Å²) in [5, 5.41) is 3.76. The van der Waals surface area contributed by atoms with Crippen LogP contribution in [0.3, 0.4) is 0 Å². The average molecular weight is 428 g/mol. The second-order valence-electron chi connectivity index (χ2n) is 8.75. The molecule has 8 heteroatoms. The summed E-state index contributed by atoms with van der Waals surface area (Å²) in [5.74, 6) is 0.402. The van der Waals surface area contributed by atoms with Gasteiger partial charge in [0.05, 0.1) is 0 Å². The lowest BCUT2D eigenvalue weighted by molar-refractivity contribution is -0.133. The molecule has 3 aliphatic carbocycles. The van der Waals surface area contributed by atoms with Crippen LogP contribution >= 0.6 is 11.3 Å². The Hall–Kier alpha value is -2.61. The SMILES string of the molecule is NC(=O)c1sc(C2CC2)nc1OC1CC2(CC(OC(=O)NCc3ccccc3)C2)C1. The minimum Gasteiger partial charge on any atom is -0.473 e. The van der Waals surface area contributed by atoms with E-state index < -0.39 is 5.91 Å². The minimum atomic E-state index is -0.470. The minimum absolute atomic E-state index is 0.0383. The van der Waals surface area contributed by atoms with E-state index in [1.807, 2.05) is 30.3 Å². The molecule has 3 saturated carbocycles. The van der Waals surface area contributed by atoms with Gasteiger partial charge >= 0.3 is 6.09 Å². The molecule has 2 aromatic rings. The number of nitrogens with one attached hydrogen (secondary N) is 1. The van der Waals surface area contributed by atoms with Crippen molar-refractivity contribution in [3.05, 3.63) is 45.8 Å². The molecule has 0 aliphatic heterocycles. The Balaban J connectivity index is 1.06. The van der Waals surface area contributed by atoms with E-state index in [4.69, 9.17) is 15.2 Å². The third-order valence-corrected chi connectivity index (χ3v) is 7.45. The molecule has 1 heterocycles. The number of hydrogen-bond donors (Lipinski definition) is 2. The highest BCUT2D eigenvalue weighted by Crippen LogP contribution is 2.58. The highest BCUT2D eigenvalue weighted by atomic mass is 32.1. The molecule has 3 fully saturated rings. The molecule has 0 radical (unpaired) electrons. The van der Waals surface area contributed by atoms with E-state index in [0.29, 0.717) is 23.2 Å². The number of hydrogen-bond acceptors (Lipinski definition) is 6. The predicted molar refractivity (Wildman–Crippen MR) is 111 cm³/mol. The lowest BCUT2D eigenvalue weighted by Crippen LogP contribution is -2.55. The lowest BCUT2D eigenvalue weighted by atomic mass is 9.53. The Kier molecular flexibility index (Phi) is 4.89. The first-order valence-corrected chi connectivity index (χ1v) is 11.3. The topological polar surface area (TPSA) is 104 Å². The van der Waals surface area contributed by atoms with Crippen LogP contribution in [0.15, 0.2) is 30.3 Å². The maximum atomic E-state index is 12.0. The van der Waals surface area contributed by atoms with E-state index in [1.165, 1.54) is 11.3 Å². The number of carbonyl (C=O) groups excluding carboxylic acids is 2. The molecule has 1 spiro atoms. The van der Waals surface area contributed by atoms with Gasteiger partial charge in [0.1, 0.15) is 17.2 Å². The number of primary amides is 1. The maximum absolute atomic E-state index is 12.0. The Morgan fingerprint density at radius 2 is 1.83 bits per heavy atom. The number of amides is 2. The number of aromatic nitrogens is 1. The smallest absolute Gasteiger partial charge is 0.407 e. The van der Waals surface area contributed by atoms with Crippen molar-refractivity contribution >= 4 is 23.3 Å². The van der Waals surface area contributed by atoms with E-state index in [0.717, 1.165) is 49.1 Å². The standard InChI is InChI=1S/C22H25N3O4S/c23-18(26)17-19(25-20(30-17)14-6-7-14)28-15-8-22(9-15)10-16(11-22)29-21(27)24-12-13-4-2-1-3-5-13/h1-5,14-16H,6-12H2,(H2,23,26)(H,24,27). The van der Waals surface area contributed by atoms with E-state index in [2.05, 4.69) is 10.3 Å². The van der Waals surface area contributed by atoms with Crippen LogP contribution in [0.4, 0.5) is 4.79 Å². The van der Waals surface area contributed by atoms with Gasteiger partial charge in [0.15, 0.2) is 4.88 Å². The van der Waals surface area contributed by atoms with Gasteiger partial charge in [-0.3, -0.25) is 4.79 Å². The number of ether oxygens (including phenoxy) is 2. The van der Waals surface area contributed by atoms with E-state index >= 15 is 0 Å². The summed E-state index contributed by atoms with van der Waals surface area (Å²) in [6.07, 6.45) is 5.40. The molecule has 0 saturated heterocycles. The van der Waals surface area contributed by atoms with Gasteiger partial charge in [-0.05, 0) is 49.5 Å². The Bertz CT molecular complexity index is 943. The van der Waals surface area contributed by atoms with Gasteiger partial charge in [-0.25, -0.2) is 9.78 Å². The second-order valence-corrected chi connectivity index (χ2v) is 9.78. The lowest BCUT2D eigenvalue weighted by Gasteiger charge is -2.56. The van der Waals surface area contributed by atoms with Gasteiger partial charge in [-0.2, -0.15) is 0 Å². The van der Waals surface area contributed by atoms with Crippen molar-refractivity contribution in [2.75, 3.05) is 0 Å². The maximum Gasteiger partial charge on any atom is 0.407 e. The molecular weight excluding hydrogens is 402 g/mol. The van der Waals surface area contributed by atoms with Crippen LogP contribution in [0.25, 0.3) is 0 Å². The molecule has 2 amide bonds. The van der Waals surface area contributed by atoms with Crippen LogP contribution < -0.4 is 15.8 Å². The highest BCUT2D eigenvalue weighted by Gasteiger charge is 2.55. The molecule has 1 aromatic carbocycles. The molecule has 1 aromatic heterocycles. The fraction of sp³-hybridized carbons (Fsp3) is 0.500. The normalized spacial score (nSPS) is 27.1. The van der Waals surface area contributed by atoms with Crippen molar-refractivity contribution in [3.63, 3.8) is 0 Å². The number of thiazole rings is 1. The third kappa shape index (κ3) is 4.01. The van der Waals surface area contributed by atoms with Crippen molar-refractivity contribution in [2.45, 2.75) is 63.2 Å². The number of benzene rings is 1. The molecule has 0 unspecified atom stereocenters. The summed E-state index contributed by atoms with van der Waals surface area (Å²) in [6, 6.07) is 9.76. The number of rotatable bonds is 7. The first-order valence-electron chi connectivity index (χ1n) is 10.5. The van der Waals surface area contributed by atoms with Crippen LogP contribution in [0.5, 0.6) is 5.88 Å². The Morgan fingerprint density at radius 1 is 1.13 bits per heavy atom. The molecule has 0 atom stereocenters. The summed E-state index contributed by atoms with van der Waals surface area (Å²) in [6.45, 7) is 0.464. The average Bonchev–Trinajstić information content (AvgIpc) is 3.44. The van der Waals surface area contributed by atoms with Crippen molar-refractivity contribution in [1.29, 1.82) is 0 Å². The summed E-state index contributed by atoms with van der Waals surface area (Å²) < 4.78 is 11.5. The van der Waals surface area contributed by atoms with E-state index in [-0.39, 0.29) is 23.7 Å². The first kappa shape index (κ1) is 19.4. The second kappa shape index (κ2) is 7.58. The van der Waals surface area contributed by atoms with Gasteiger partial charge in [0.25, 0.3) is 5.91 Å². The van der Waals surface area contributed by atoms with Gasteiger partial charge in [0, 0.05) is 12.5 Å². The molecule has 158 valence electrons. The molecule has 0 bridgehead atoms. The van der Waals surface area contributed by atoms with Crippen molar-refractivity contribution < 1.29 is 19.1 Å². The van der Waals surface area contributed by atoms with Crippen molar-refractivity contribution in [1.82, 2.24) is 10.3 Å². The summed E-state index contributed by atoms with van der Waals surface area (Å²) in [4.78, 5) is 28.7. The largest absolute Gasteiger partial charge is 0.473 e. The van der Waals surface area contributed by atoms with E-state index in [1.54, 1.807) is 0 Å². The molecule has 30 heavy (non-hydrogen) atoms. The monoisotopic (exact) mass is 427 g/mol. The van der Waals surface area contributed by atoms with Crippen molar-refractivity contribution in [3.8, 4) is 5.88 Å². The molecule has 3 aliphatic rings. The summed E-state index contributed by atoms with van der Waals surface area (Å²) >= 11 is 1.37. The molecular formula is C22H25N3O4S. The fourth-order valence-electron chi connectivity index (χ4n) is 4.50. The zero-order chi connectivity index (χ0) is 20.7. The van der Waals surface area contributed by atoms with Gasteiger partial charge in [-0.1, -0.05) is 30.3 Å².